The zero-order chi connectivity index (χ0) is 21.3. The number of benzene rings is 1. The quantitative estimate of drug-likeness (QED) is 0.681. The maximum absolute atomic E-state index is 11.6. The molecule has 0 radical (unpaired) electrons. The van der Waals surface area contributed by atoms with Gasteiger partial charge in [0.2, 0.25) is 5.91 Å². The van der Waals surface area contributed by atoms with Gasteiger partial charge in [0, 0.05) is 53.5 Å². The van der Waals surface area contributed by atoms with Gasteiger partial charge in [-0.05, 0) is 54.8 Å². The Balaban J connectivity index is 1.83. The normalized spacial score (nSPS) is 20.2. The Morgan fingerprint density at radius 2 is 2.13 bits per heavy atom. The summed E-state index contributed by atoms with van der Waals surface area (Å²) in [6.45, 7) is 3.48. The number of carbonyl (C=O) groups is 1. The highest BCUT2D eigenvalue weighted by Gasteiger charge is 2.30. The molecule has 2 N–H and O–H groups in total. The van der Waals surface area contributed by atoms with E-state index in [0.717, 1.165) is 45.3 Å². The molecule has 2 atom stereocenters. The van der Waals surface area contributed by atoms with E-state index in [9.17, 15) is 10.1 Å². The summed E-state index contributed by atoms with van der Waals surface area (Å²) >= 11 is 0. The van der Waals surface area contributed by atoms with Crippen LogP contribution in [0.3, 0.4) is 0 Å². The molecule has 2 aromatic heterocycles. The second-order valence-electron chi connectivity index (χ2n) is 7.80. The van der Waals surface area contributed by atoms with Crippen LogP contribution in [0.15, 0.2) is 47.7 Å². The van der Waals surface area contributed by atoms with Gasteiger partial charge in [0.05, 0.1) is 6.07 Å². The second-order valence-corrected chi connectivity index (χ2v) is 7.80. The third-order valence-electron chi connectivity index (χ3n) is 5.76. The number of hydrogen-bond acceptors (Lipinski definition) is 5. The predicted molar refractivity (Wildman–Crippen MR) is 118 cm³/mol. The van der Waals surface area contributed by atoms with Crippen molar-refractivity contribution in [2.24, 2.45) is 10.9 Å². The number of fused-ring (bicyclic) bond motifs is 1. The van der Waals surface area contributed by atoms with Gasteiger partial charge in [-0.25, -0.2) is 9.98 Å². The summed E-state index contributed by atoms with van der Waals surface area (Å²) in [5.41, 5.74) is 10.8. The topological polar surface area (TPSA) is 105 Å². The smallest absolute Gasteiger partial charge is 0.242 e. The minimum atomic E-state index is -0.212. The second kappa shape index (κ2) is 8.03. The van der Waals surface area contributed by atoms with Crippen molar-refractivity contribution in [2.45, 2.75) is 39.0 Å². The van der Waals surface area contributed by atoms with Gasteiger partial charge in [-0.15, -0.1) is 0 Å². The SMILES string of the molecule is CC(=O)N=C1CCC(C#N)CC1c1cc2cccc(-c3c(C)ccnc3N)c2cn1. The number of aliphatic imine (C=N–C) groups is 1. The van der Waals surface area contributed by atoms with Crippen molar-refractivity contribution >= 4 is 28.2 Å². The number of rotatable bonds is 2. The molecule has 30 heavy (non-hydrogen) atoms. The van der Waals surface area contributed by atoms with Gasteiger partial charge in [-0.3, -0.25) is 9.78 Å². The maximum Gasteiger partial charge on any atom is 0.242 e. The summed E-state index contributed by atoms with van der Waals surface area (Å²) in [4.78, 5) is 24.8. The Bertz CT molecular complexity index is 1190. The molecule has 1 aromatic carbocycles. The molecule has 3 aromatic rings. The van der Waals surface area contributed by atoms with Crippen molar-refractivity contribution in [3.63, 3.8) is 0 Å². The first-order valence-corrected chi connectivity index (χ1v) is 10.1. The molecule has 6 heteroatoms. The van der Waals surface area contributed by atoms with E-state index >= 15 is 0 Å². The zero-order valence-corrected chi connectivity index (χ0v) is 17.1. The lowest BCUT2D eigenvalue weighted by atomic mass is 9.78. The van der Waals surface area contributed by atoms with E-state index in [4.69, 9.17) is 10.7 Å². The number of aryl methyl sites for hydroxylation is 1. The fourth-order valence-corrected chi connectivity index (χ4v) is 4.31. The number of anilines is 1. The Morgan fingerprint density at radius 1 is 1.30 bits per heavy atom. The van der Waals surface area contributed by atoms with Gasteiger partial charge in [0.1, 0.15) is 5.82 Å². The molecule has 2 heterocycles. The summed E-state index contributed by atoms with van der Waals surface area (Å²) in [5, 5.41) is 11.4. The Hall–Kier alpha value is -3.59. The number of aromatic nitrogens is 2. The van der Waals surface area contributed by atoms with Crippen molar-refractivity contribution < 1.29 is 4.79 Å². The van der Waals surface area contributed by atoms with Crippen LogP contribution in [0.25, 0.3) is 21.9 Å². The number of nitrogen functional groups attached to an aromatic ring is 1. The van der Waals surface area contributed by atoms with Gasteiger partial charge in [0.25, 0.3) is 0 Å². The van der Waals surface area contributed by atoms with Gasteiger partial charge >= 0.3 is 0 Å². The summed E-state index contributed by atoms with van der Waals surface area (Å²) < 4.78 is 0. The van der Waals surface area contributed by atoms with E-state index in [1.807, 2.05) is 43.5 Å². The van der Waals surface area contributed by atoms with E-state index in [0.29, 0.717) is 18.7 Å². The molecule has 0 saturated heterocycles. The molecule has 1 fully saturated rings. The Labute approximate surface area is 175 Å². The van der Waals surface area contributed by atoms with Crippen LogP contribution in [0.4, 0.5) is 5.82 Å². The largest absolute Gasteiger partial charge is 0.383 e. The van der Waals surface area contributed by atoms with Gasteiger partial charge < -0.3 is 5.73 Å². The number of amides is 1. The highest BCUT2D eigenvalue weighted by molar-refractivity contribution is 6.01. The number of hydrogen-bond donors (Lipinski definition) is 1. The van der Waals surface area contributed by atoms with Crippen LogP contribution in [0.1, 0.15) is 43.4 Å². The summed E-state index contributed by atoms with van der Waals surface area (Å²) in [7, 11) is 0. The van der Waals surface area contributed by atoms with Crippen LogP contribution >= 0.6 is 0 Å². The first-order chi connectivity index (χ1) is 14.5. The molecule has 150 valence electrons. The molecule has 1 aliphatic rings. The lowest BCUT2D eigenvalue weighted by Crippen LogP contribution is -2.24. The van der Waals surface area contributed by atoms with E-state index in [1.165, 1.54) is 6.92 Å². The first kappa shape index (κ1) is 19.7. The summed E-state index contributed by atoms with van der Waals surface area (Å²) in [6, 6.07) is 12.4. The van der Waals surface area contributed by atoms with Gasteiger partial charge in [-0.2, -0.15) is 5.26 Å². The van der Waals surface area contributed by atoms with Crippen molar-refractivity contribution in [2.75, 3.05) is 5.73 Å². The van der Waals surface area contributed by atoms with Crippen LogP contribution in [0.2, 0.25) is 0 Å². The van der Waals surface area contributed by atoms with Crippen LogP contribution in [0, 0.1) is 24.2 Å². The molecule has 2 unspecified atom stereocenters. The monoisotopic (exact) mass is 397 g/mol. The Morgan fingerprint density at radius 3 is 2.87 bits per heavy atom. The van der Waals surface area contributed by atoms with Crippen molar-refractivity contribution in [3.8, 4) is 17.2 Å². The molecule has 0 bridgehead atoms. The molecule has 1 amide bonds. The van der Waals surface area contributed by atoms with E-state index in [2.05, 4.69) is 16.0 Å². The molecule has 0 spiro atoms. The fourth-order valence-electron chi connectivity index (χ4n) is 4.31. The number of pyridine rings is 2. The molecule has 1 aliphatic carbocycles. The van der Waals surface area contributed by atoms with Gasteiger partial charge in [-0.1, -0.05) is 18.2 Å². The number of nitriles is 1. The van der Waals surface area contributed by atoms with Crippen LogP contribution < -0.4 is 5.73 Å². The lowest BCUT2D eigenvalue weighted by molar-refractivity contribution is -0.115. The van der Waals surface area contributed by atoms with Crippen molar-refractivity contribution in [1.82, 2.24) is 9.97 Å². The van der Waals surface area contributed by atoms with Crippen LogP contribution in [-0.2, 0) is 4.79 Å². The van der Waals surface area contributed by atoms with Crippen LogP contribution in [0.5, 0.6) is 0 Å². The van der Waals surface area contributed by atoms with Crippen molar-refractivity contribution in [1.29, 1.82) is 5.26 Å². The number of nitrogens with zero attached hydrogens (tertiary/aromatic N) is 4. The third-order valence-corrected chi connectivity index (χ3v) is 5.76. The molecular formula is C24H23N5O. The molecule has 0 aliphatic heterocycles. The summed E-state index contributed by atoms with van der Waals surface area (Å²) in [6.07, 6.45) is 5.58. The van der Waals surface area contributed by atoms with Crippen LogP contribution in [-0.4, -0.2) is 21.6 Å². The Kier molecular flexibility index (Phi) is 5.28. The third kappa shape index (κ3) is 3.67. The van der Waals surface area contributed by atoms with E-state index in [1.54, 1.807) is 6.20 Å². The minimum absolute atomic E-state index is 0.0532. The first-order valence-electron chi connectivity index (χ1n) is 10.1. The average Bonchev–Trinajstić information content (AvgIpc) is 2.73. The minimum Gasteiger partial charge on any atom is -0.383 e. The van der Waals surface area contributed by atoms with E-state index < -0.39 is 0 Å². The summed E-state index contributed by atoms with van der Waals surface area (Å²) in [5.74, 6) is 0.107. The highest BCUT2D eigenvalue weighted by Crippen LogP contribution is 2.37. The fraction of sp³-hybridized carbons (Fsp3) is 0.292. The molecular weight excluding hydrogens is 374 g/mol. The molecule has 1 saturated carbocycles. The number of nitrogens with two attached hydrogens (primary N) is 1. The molecule has 6 nitrogen and oxygen atoms in total. The molecule has 4 rings (SSSR count). The maximum atomic E-state index is 11.6. The van der Waals surface area contributed by atoms with Crippen molar-refractivity contribution in [3.05, 3.63) is 54.0 Å². The highest BCUT2D eigenvalue weighted by atomic mass is 16.1. The standard InChI is InChI=1S/C24H23N5O/c1-14-8-9-27-24(26)23(14)18-5-3-4-17-11-22(28-13-20(17)18)19-10-16(12-25)6-7-21(19)29-15(2)30/h3-5,8-9,11,13,16,19H,6-7,10H2,1-2H3,(H2,26,27). The number of carbonyl (C=O) groups excluding carboxylic acids is 1. The van der Waals surface area contributed by atoms with E-state index in [-0.39, 0.29) is 17.7 Å². The average molecular weight is 397 g/mol. The predicted octanol–water partition coefficient (Wildman–Crippen LogP) is 4.58. The zero-order valence-electron chi connectivity index (χ0n) is 17.1. The van der Waals surface area contributed by atoms with Gasteiger partial charge in [0.15, 0.2) is 0 Å². The lowest BCUT2D eigenvalue weighted by Gasteiger charge is -2.27.